The molecule has 0 spiro atoms. The number of carbonyl (C=O) groups is 3. The number of ether oxygens (including phenoxy) is 4. The number of benzene rings is 2. The number of allylic oxidation sites excluding steroid dienone is 1. The van der Waals surface area contributed by atoms with Gasteiger partial charge < -0.3 is 24.3 Å². The Bertz CT molecular complexity index is 1500. The van der Waals surface area contributed by atoms with Gasteiger partial charge in [-0.25, -0.2) is 14.6 Å². The Morgan fingerprint density at radius 3 is 2.22 bits per heavy atom. The molecular weight excluding hydrogens is 544 g/mol. The van der Waals surface area contributed by atoms with Gasteiger partial charge in [0.1, 0.15) is 17.4 Å². The number of rotatable bonds is 10. The first-order valence-electron chi connectivity index (χ1n) is 13.2. The van der Waals surface area contributed by atoms with E-state index < -0.39 is 23.8 Å². The second-order valence-electron chi connectivity index (χ2n) is 9.06. The van der Waals surface area contributed by atoms with Crippen LogP contribution in [0, 0.1) is 0 Å². The van der Waals surface area contributed by atoms with Gasteiger partial charge in [-0.15, -0.1) is 11.3 Å². The summed E-state index contributed by atoms with van der Waals surface area (Å²) in [6, 6.07) is 15.1. The predicted molar refractivity (Wildman–Crippen MR) is 155 cm³/mol. The van der Waals surface area contributed by atoms with Gasteiger partial charge in [-0.05, 0) is 50.6 Å². The molecule has 10 heteroatoms. The van der Waals surface area contributed by atoms with E-state index in [0.717, 1.165) is 22.6 Å². The molecule has 0 saturated heterocycles. The maximum absolute atomic E-state index is 13.5. The topological polar surface area (TPSA) is 113 Å². The molecular formula is C31H32N2O7S. The lowest BCUT2D eigenvalue weighted by Gasteiger charge is -2.32. The molecule has 0 saturated carbocycles. The highest BCUT2D eigenvalue weighted by Crippen LogP contribution is 2.44. The average molecular weight is 577 g/mol. The van der Waals surface area contributed by atoms with Gasteiger partial charge in [-0.3, -0.25) is 4.79 Å². The lowest BCUT2D eigenvalue weighted by Crippen LogP contribution is -2.35. The van der Waals surface area contributed by atoms with E-state index in [1.165, 1.54) is 18.3 Å². The van der Waals surface area contributed by atoms with Crippen LogP contribution in [0.3, 0.4) is 0 Å². The SMILES string of the molecule is CCOC(=O)C1=C(C)NC(COC(C)=O)=C(C(=O)OCC)C1c1ccccc1-c1nc(-c2ccc(OC)cc2)cs1. The summed E-state index contributed by atoms with van der Waals surface area (Å²) in [5, 5.41) is 5.76. The maximum Gasteiger partial charge on any atom is 0.336 e. The number of nitrogens with zero attached hydrogens (tertiary/aromatic N) is 1. The average Bonchev–Trinajstić information content (AvgIpc) is 3.46. The first-order valence-corrected chi connectivity index (χ1v) is 14.0. The molecule has 0 aliphatic carbocycles. The Balaban J connectivity index is 1.89. The lowest BCUT2D eigenvalue weighted by atomic mass is 9.78. The molecule has 214 valence electrons. The quantitative estimate of drug-likeness (QED) is 0.251. The van der Waals surface area contributed by atoms with E-state index in [1.807, 2.05) is 53.9 Å². The number of aromatic nitrogens is 1. The van der Waals surface area contributed by atoms with Crippen LogP contribution in [0.1, 0.15) is 39.2 Å². The van der Waals surface area contributed by atoms with Crippen LogP contribution in [0.25, 0.3) is 21.8 Å². The maximum atomic E-state index is 13.5. The molecule has 0 amide bonds. The molecule has 1 atom stereocenters. The number of hydrogen-bond donors (Lipinski definition) is 1. The third-order valence-electron chi connectivity index (χ3n) is 6.45. The van der Waals surface area contributed by atoms with E-state index >= 15 is 0 Å². The Morgan fingerprint density at radius 2 is 1.59 bits per heavy atom. The smallest absolute Gasteiger partial charge is 0.336 e. The molecule has 1 N–H and O–H groups in total. The van der Waals surface area contributed by atoms with Crippen LogP contribution < -0.4 is 10.1 Å². The summed E-state index contributed by atoms with van der Waals surface area (Å²) in [5.74, 6) is -1.83. The predicted octanol–water partition coefficient (Wildman–Crippen LogP) is 5.39. The van der Waals surface area contributed by atoms with Crippen molar-refractivity contribution < 1.29 is 33.3 Å². The number of thiazole rings is 1. The first-order chi connectivity index (χ1) is 19.8. The van der Waals surface area contributed by atoms with Crippen molar-refractivity contribution in [1.29, 1.82) is 0 Å². The fraction of sp³-hybridized carbons (Fsp3) is 0.290. The number of hydrogen-bond acceptors (Lipinski definition) is 10. The normalized spacial score (nSPS) is 14.8. The number of methoxy groups -OCH3 is 1. The van der Waals surface area contributed by atoms with E-state index in [1.54, 1.807) is 27.9 Å². The van der Waals surface area contributed by atoms with Crippen LogP contribution in [0.5, 0.6) is 5.75 Å². The fourth-order valence-electron chi connectivity index (χ4n) is 4.66. The van der Waals surface area contributed by atoms with Crippen LogP contribution >= 0.6 is 11.3 Å². The molecule has 1 unspecified atom stereocenters. The van der Waals surface area contributed by atoms with Gasteiger partial charge in [-0.2, -0.15) is 0 Å². The fourth-order valence-corrected chi connectivity index (χ4v) is 5.54. The van der Waals surface area contributed by atoms with E-state index in [2.05, 4.69) is 5.32 Å². The van der Waals surface area contributed by atoms with Gasteiger partial charge in [0.05, 0.1) is 48.8 Å². The third-order valence-corrected chi connectivity index (χ3v) is 7.32. The van der Waals surface area contributed by atoms with Crippen molar-refractivity contribution in [3.8, 4) is 27.6 Å². The van der Waals surface area contributed by atoms with Gasteiger partial charge in [0.15, 0.2) is 0 Å². The zero-order valence-corrected chi connectivity index (χ0v) is 24.4. The summed E-state index contributed by atoms with van der Waals surface area (Å²) >= 11 is 1.45. The summed E-state index contributed by atoms with van der Waals surface area (Å²) < 4.78 is 21.4. The molecule has 0 fully saturated rings. The summed E-state index contributed by atoms with van der Waals surface area (Å²) in [4.78, 5) is 43.5. The minimum absolute atomic E-state index is 0.118. The monoisotopic (exact) mass is 576 g/mol. The number of carbonyl (C=O) groups excluding carboxylic acids is 3. The standard InChI is InChI=1S/C31H32N2O7S/c1-6-38-30(35)26-18(3)32-24(16-40-19(4)34)28(31(36)39-7-2)27(26)22-10-8-9-11-23(22)29-33-25(17-41-29)20-12-14-21(37-5)15-13-20/h8-15,17,27,32H,6-7,16H2,1-5H3. The van der Waals surface area contributed by atoms with Crippen molar-refractivity contribution in [2.75, 3.05) is 26.9 Å². The number of esters is 3. The van der Waals surface area contributed by atoms with Crippen molar-refractivity contribution >= 4 is 29.2 Å². The van der Waals surface area contributed by atoms with E-state index in [0.29, 0.717) is 22.0 Å². The van der Waals surface area contributed by atoms with Crippen molar-refractivity contribution in [3.05, 3.63) is 82.0 Å². The summed E-state index contributed by atoms with van der Waals surface area (Å²) in [6.45, 7) is 6.50. The van der Waals surface area contributed by atoms with Crippen molar-refractivity contribution in [3.63, 3.8) is 0 Å². The molecule has 3 aromatic rings. The van der Waals surface area contributed by atoms with Crippen molar-refractivity contribution in [2.24, 2.45) is 0 Å². The van der Waals surface area contributed by atoms with Crippen LogP contribution in [0.15, 0.2) is 76.5 Å². The molecule has 2 heterocycles. The molecule has 0 bridgehead atoms. The Morgan fingerprint density at radius 1 is 0.927 bits per heavy atom. The molecule has 1 aliphatic rings. The van der Waals surface area contributed by atoms with E-state index in [4.69, 9.17) is 23.9 Å². The molecule has 1 aromatic heterocycles. The minimum Gasteiger partial charge on any atom is -0.497 e. The molecule has 0 radical (unpaired) electrons. The Hall–Kier alpha value is -4.44. The molecule has 2 aromatic carbocycles. The van der Waals surface area contributed by atoms with Gasteiger partial charge in [0, 0.05) is 29.1 Å². The van der Waals surface area contributed by atoms with Gasteiger partial charge in [0.2, 0.25) is 0 Å². The molecule has 4 rings (SSSR count). The van der Waals surface area contributed by atoms with Crippen molar-refractivity contribution in [1.82, 2.24) is 10.3 Å². The highest BCUT2D eigenvalue weighted by atomic mass is 32.1. The zero-order chi connectivity index (χ0) is 29.5. The number of dihydropyridines is 1. The first kappa shape index (κ1) is 29.5. The second-order valence-corrected chi connectivity index (χ2v) is 9.92. The Labute approximate surface area is 242 Å². The van der Waals surface area contributed by atoms with E-state index in [-0.39, 0.29) is 31.0 Å². The van der Waals surface area contributed by atoms with Crippen molar-refractivity contribution in [2.45, 2.75) is 33.6 Å². The highest BCUT2D eigenvalue weighted by Gasteiger charge is 2.40. The Kier molecular flexibility index (Phi) is 9.57. The second kappa shape index (κ2) is 13.3. The summed E-state index contributed by atoms with van der Waals surface area (Å²) in [5.41, 5.74) is 4.36. The largest absolute Gasteiger partial charge is 0.497 e. The van der Waals surface area contributed by atoms with E-state index in [9.17, 15) is 14.4 Å². The summed E-state index contributed by atoms with van der Waals surface area (Å²) in [7, 11) is 1.62. The van der Waals surface area contributed by atoms with Gasteiger partial charge in [-0.1, -0.05) is 24.3 Å². The zero-order valence-electron chi connectivity index (χ0n) is 23.6. The van der Waals surface area contributed by atoms with Crippen LogP contribution in [0.4, 0.5) is 0 Å². The highest BCUT2D eigenvalue weighted by molar-refractivity contribution is 7.13. The van der Waals surface area contributed by atoms with Crippen LogP contribution in [0.2, 0.25) is 0 Å². The molecule has 9 nitrogen and oxygen atoms in total. The number of nitrogens with one attached hydrogen (secondary N) is 1. The molecule has 41 heavy (non-hydrogen) atoms. The van der Waals surface area contributed by atoms with Gasteiger partial charge in [0.25, 0.3) is 0 Å². The third kappa shape index (κ3) is 6.49. The van der Waals surface area contributed by atoms with Gasteiger partial charge >= 0.3 is 17.9 Å². The minimum atomic E-state index is -0.871. The summed E-state index contributed by atoms with van der Waals surface area (Å²) in [6.07, 6.45) is 0. The van der Waals surface area contributed by atoms with Crippen LogP contribution in [-0.2, 0) is 28.6 Å². The lowest BCUT2D eigenvalue weighted by molar-refractivity contribution is -0.142. The molecule has 1 aliphatic heterocycles. The van der Waals surface area contributed by atoms with Crippen LogP contribution in [-0.4, -0.2) is 49.8 Å².